The lowest BCUT2D eigenvalue weighted by Gasteiger charge is -2.52. The van der Waals surface area contributed by atoms with E-state index in [0.717, 1.165) is 48.4 Å². The molecule has 3 aliphatic rings. The topological polar surface area (TPSA) is 29.5 Å². The highest BCUT2D eigenvalue weighted by Crippen LogP contribution is 2.37. The third-order valence-electron chi connectivity index (χ3n) is 6.89. The van der Waals surface area contributed by atoms with Crippen LogP contribution in [0.2, 0.25) is 0 Å². The molecule has 2 bridgehead atoms. The summed E-state index contributed by atoms with van der Waals surface area (Å²) in [5.41, 5.74) is 1.86. The molecule has 32 heavy (non-hydrogen) atoms. The molecule has 2 aromatic carbocycles. The first-order valence-electron chi connectivity index (χ1n) is 11.3. The number of nitrogens with zero attached hydrogens (tertiary/aromatic N) is 2. The molecular weight excluding hydrogens is 423 g/mol. The van der Waals surface area contributed by atoms with Gasteiger partial charge in [0.2, 0.25) is 0 Å². The van der Waals surface area contributed by atoms with E-state index in [2.05, 4.69) is 24.3 Å². The standard InChI is InChI=1S/C26H28FN2O2S/c27-22-8-4-9-23(16-22)28(17-24-10-5-15-32-24)26(30)31-25-19-29(13-11-21(25)12-14-29)18-20-6-2-1-3-7-20/h1-10,15-16,21,25H,11-14,17-19H2/q+1/t21?,25-,29?/m0/s1. The first kappa shape index (κ1) is 21.2. The van der Waals surface area contributed by atoms with E-state index >= 15 is 0 Å². The van der Waals surface area contributed by atoms with E-state index in [4.69, 9.17) is 4.74 Å². The van der Waals surface area contributed by atoms with E-state index in [9.17, 15) is 9.18 Å². The molecule has 1 aromatic heterocycles. The first-order valence-corrected chi connectivity index (χ1v) is 12.1. The normalized spacial score (nSPS) is 24.3. The maximum Gasteiger partial charge on any atom is 0.415 e. The molecular formula is C26H28FN2O2S+. The lowest BCUT2D eigenvalue weighted by molar-refractivity contribution is -0.958. The minimum absolute atomic E-state index is 0.104. The summed E-state index contributed by atoms with van der Waals surface area (Å²) >= 11 is 1.58. The van der Waals surface area contributed by atoms with Crippen molar-refractivity contribution in [3.8, 4) is 0 Å². The molecule has 3 fully saturated rings. The zero-order valence-electron chi connectivity index (χ0n) is 18.0. The Kier molecular flexibility index (Phi) is 5.98. The summed E-state index contributed by atoms with van der Waals surface area (Å²) in [5.74, 6) is 0.0486. The van der Waals surface area contributed by atoms with Crippen molar-refractivity contribution in [2.24, 2.45) is 5.92 Å². The van der Waals surface area contributed by atoms with Gasteiger partial charge in [0.05, 0.1) is 25.3 Å². The van der Waals surface area contributed by atoms with Gasteiger partial charge in [-0.05, 0) is 29.6 Å². The average Bonchev–Trinajstić information content (AvgIpc) is 3.32. The Hall–Kier alpha value is -2.70. The Balaban J connectivity index is 1.33. The summed E-state index contributed by atoms with van der Waals surface area (Å²) in [6.07, 6.45) is 1.67. The number of quaternary nitrogens is 1. The maximum atomic E-state index is 13.9. The fourth-order valence-electron chi connectivity index (χ4n) is 5.20. The minimum atomic E-state index is -0.388. The number of fused-ring (bicyclic) bond motifs is 3. The molecule has 166 valence electrons. The lowest BCUT2D eigenvalue weighted by Crippen LogP contribution is -2.64. The number of anilines is 1. The van der Waals surface area contributed by atoms with Crippen molar-refractivity contribution in [1.29, 1.82) is 0 Å². The highest BCUT2D eigenvalue weighted by molar-refractivity contribution is 7.09. The third-order valence-corrected chi connectivity index (χ3v) is 7.75. The van der Waals surface area contributed by atoms with E-state index in [0.29, 0.717) is 18.2 Å². The van der Waals surface area contributed by atoms with Gasteiger partial charge < -0.3 is 9.22 Å². The number of hydrogen-bond acceptors (Lipinski definition) is 3. The van der Waals surface area contributed by atoms with E-state index < -0.39 is 0 Å². The van der Waals surface area contributed by atoms with Crippen molar-refractivity contribution in [2.75, 3.05) is 24.5 Å². The largest absolute Gasteiger partial charge is 0.440 e. The summed E-state index contributed by atoms with van der Waals surface area (Å²) in [4.78, 5) is 16.0. The van der Waals surface area contributed by atoms with Crippen LogP contribution in [-0.2, 0) is 17.8 Å². The summed E-state index contributed by atoms with van der Waals surface area (Å²) < 4.78 is 21.1. The number of amides is 1. The van der Waals surface area contributed by atoms with Crippen molar-refractivity contribution in [1.82, 2.24) is 0 Å². The van der Waals surface area contributed by atoms with E-state index in [1.54, 1.807) is 28.4 Å². The van der Waals surface area contributed by atoms with Crippen LogP contribution in [0, 0.1) is 11.7 Å². The number of ether oxygens (including phenoxy) is 1. The van der Waals surface area contributed by atoms with Gasteiger partial charge in [-0.15, -0.1) is 11.3 Å². The molecule has 3 aromatic rings. The highest BCUT2D eigenvalue weighted by Gasteiger charge is 2.48. The van der Waals surface area contributed by atoms with Crippen LogP contribution in [0.25, 0.3) is 0 Å². The molecule has 4 nitrogen and oxygen atoms in total. The predicted molar refractivity (Wildman–Crippen MR) is 125 cm³/mol. The monoisotopic (exact) mass is 451 g/mol. The smallest absolute Gasteiger partial charge is 0.415 e. The Morgan fingerprint density at radius 3 is 2.59 bits per heavy atom. The Bertz CT molecular complexity index is 1050. The van der Waals surface area contributed by atoms with Crippen molar-refractivity contribution < 1.29 is 18.4 Å². The molecule has 3 aliphatic heterocycles. The van der Waals surface area contributed by atoms with E-state index in [-0.39, 0.29) is 18.0 Å². The number of rotatable bonds is 6. The van der Waals surface area contributed by atoms with Crippen LogP contribution in [0.4, 0.5) is 14.9 Å². The molecule has 0 N–H and O–H groups in total. The predicted octanol–water partition coefficient (Wildman–Crippen LogP) is 5.84. The second-order valence-electron chi connectivity index (χ2n) is 9.02. The molecule has 0 radical (unpaired) electrons. The van der Waals surface area contributed by atoms with Crippen molar-refractivity contribution in [3.05, 3.63) is 88.4 Å². The van der Waals surface area contributed by atoms with E-state index in [1.165, 1.54) is 17.7 Å². The second-order valence-corrected chi connectivity index (χ2v) is 10.1. The number of carbonyl (C=O) groups excluding carboxylic acids is 1. The number of carbonyl (C=O) groups is 1. The molecule has 4 heterocycles. The van der Waals surface area contributed by atoms with Crippen LogP contribution in [0.15, 0.2) is 72.1 Å². The Labute approximate surface area is 192 Å². The zero-order valence-corrected chi connectivity index (χ0v) is 18.8. The Morgan fingerprint density at radius 1 is 1.06 bits per heavy atom. The lowest BCUT2D eigenvalue weighted by atomic mass is 9.83. The van der Waals surface area contributed by atoms with Gasteiger partial charge in [-0.3, -0.25) is 4.90 Å². The minimum Gasteiger partial charge on any atom is -0.440 e. The highest BCUT2D eigenvalue weighted by atomic mass is 32.1. The van der Waals surface area contributed by atoms with Crippen LogP contribution >= 0.6 is 11.3 Å². The quantitative estimate of drug-likeness (QED) is 0.441. The fourth-order valence-corrected chi connectivity index (χ4v) is 5.90. The fraction of sp³-hybridized carbons (Fsp3) is 0.346. The molecule has 0 aliphatic carbocycles. The number of benzene rings is 2. The molecule has 1 amide bonds. The molecule has 3 saturated heterocycles. The number of halogens is 1. The van der Waals surface area contributed by atoms with Gasteiger partial charge in [0.1, 0.15) is 18.9 Å². The van der Waals surface area contributed by atoms with Gasteiger partial charge in [-0.2, -0.15) is 0 Å². The molecule has 0 spiro atoms. The van der Waals surface area contributed by atoms with Gasteiger partial charge >= 0.3 is 6.09 Å². The molecule has 0 saturated carbocycles. The van der Waals surface area contributed by atoms with Crippen LogP contribution < -0.4 is 4.90 Å². The van der Waals surface area contributed by atoms with Crippen LogP contribution in [0.5, 0.6) is 0 Å². The van der Waals surface area contributed by atoms with Crippen LogP contribution in [0.3, 0.4) is 0 Å². The van der Waals surface area contributed by atoms with Gasteiger partial charge in [0.25, 0.3) is 0 Å². The Morgan fingerprint density at radius 2 is 1.88 bits per heavy atom. The second kappa shape index (κ2) is 9.04. The summed E-state index contributed by atoms with van der Waals surface area (Å²) in [5, 5.41) is 1.98. The molecule has 6 heteroatoms. The van der Waals surface area contributed by atoms with Gasteiger partial charge in [-0.1, -0.05) is 42.5 Å². The van der Waals surface area contributed by atoms with Gasteiger partial charge in [0.15, 0.2) is 6.10 Å². The van der Waals surface area contributed by atoms with Crippen molar-refractivity contribution in [3.63, 3.8) is 0 Å². The number of piperidine rings is 3. The van der Waals surface area contributed by atoms with Crippen LogP contribution in [0.1, 0.15) is 23.3 Å². The zero-order chi connectivity index (χ0) is 22.0. The van der Waals surface area contributed by atoms with Gasteiger partial charge in [0, 0.05) is 29.2 Å². The average molecular weight is 452 g/mol. The molecule has 6 rings (SSSR count). The summed E-state index contributed by atoms with van der Waals surface area (Å²) in [6.45, 7) is 4.47. The van der Waals surface area contributed by atoms with Crippen molar-refractivity contribution in [2.45, 2.75) is 32.0 Å². The van der Waals surface area contributed by atoms with Gasteiger partial charge in [-0.25, -0.2) is 9.18 Å². The molecule has 1 atom stereocenters. The summed E-state index contributed by atoms with van der Waals surface area (Å²) in [6, 6.07) is 20.7. The number of hydrogen-bond donors (Lipinski definition) is 0. The summed E-state index contributed by atoms with van der Waals surface area (Å²) in [7, 11) is 0. The van der Waals surface area contributed by atoms with Crippen LogP contribution in [-0.4, -0.2) is 36.3 Å². The van der Waals surface area contributed by atoms with Crippen molar-refractivity contribution >= 4 is 23.1 Å². The maximum absolute atomic E-state index is 13.9. The molecule has 0 unspecified atom stereocenters. The first-order chi connectivity index (χ1) is 15.6. The SMILES string of the molecule is O=C(O[C@H]1C[N+]2(Cc3ccccc3)CCC1CC2)N(Cc1cccs1)c1cccc(F)c1. The number of thiophene rings is 1. The third kappa shape index (κ3) is 4.57. The van der Waals surface area contributed by atoms with E-state index in [1.807, 2.05) is 23.6 Å².